The lowest BCUT2D eigenvalue weighted by molar-refractivity contribution is 0.216. The van der Waals surface area contributed by atoms with E-state index in [4.69, 9.17) is 10.8 Å². The fourth-order valence-electron chi connectivity index (χ4n) is 0.668. The van der Waals surface area contributed by atoms with Crippen LogP contribution < -0.4 is 5.73 Å². The van der Waals surface area contributed by atoms with Crippen LogP contribution >= 0.6 is 15.9 Å². The summed E-state index contributed by atoms with van der Waals surface area (Å²) < 4.78 is 1.11. The van der Waals surface area contributed by atoms with E-state index >= 15 is 0 Å². The lowest BCUT2D eigenvalue weighted by Gasteiger charge is -1.96. The molecule has 1 rings (SSSR count). The molecule has 3 heteroatoms. The first-order valence-corrected chi connectivity index (χ1v) is 4.92. The van der Waals surface area contributed by atoms with E-state index in [1.807, 2.05) is 25.1 Å². The van der Waals surface area contributed by atoms with E-state index in [9.17, 15) is 0 Å². The number of aliphatic hydroxyl groups is 1. The van der Waals surface area contributed by atoms with Gasteiger partial charge in [-0.15, -0.1) is 0 Å². The zero-order chi connectivity index (χ0) is 10.4. The lowest BCUT2D eigenvalue weighted by Crippen LogP contribution is -1.85. The van der Waals surface area contributed by atoms with Crippen LogP contribution in [-0.4, -0.2) is 11.2 Å². The maximum Gasteiger partial charge on any atom is 0.0483 e. The van der Waals surface area contributed by atoms with Gasteiger partial charge >= 0.3 is 0 Å². The number of aryl methyl sites for hydroxylation is 1. The molecule has 0 unspecified atom stereocenters. The minimum atomic E-state index is -0.167. The standard InChI is InChI=1S/C7H8BrN.C3H8O/c1-5-4-6(9)2-3-7(5)8;1-3(2)4/h2-4H,9H2,1H3;3-4H,1-2H3. The average Bonchev–Trinajstić information content (AvgIpc) is 1.96. The molecule has 0 amide bonds. The predicted octanol–water partition coefficient (Wildman–Crippen LogP) is 2.73. The van der Waals surface area contributed by atoms with Crippen molar-refractivity contribution in [3.8, 4) is 0 Å². The Hall–Kier alpha value is -0.540. The highest BCUT2D eigenvalue weighted by molar-refractivity contribution is 9.10. The fraction of sp³-hybridized carbons (Fsp3) is 0.400. The van der Waals surface area contributed by atoms with Crippen LogP contribution in [0.4, 0.5) is 5.69 Å². The number of anilines is 1. The van der Waals surface area contributed by atoms with Gasteiger partial charge in [0.25, 0.3) is 0 Å². The van der Waals surface area contributed by atoms with Gasteiger partial charge in [0.05, 0.1) is 0 Å². The zero-order valence-corrected chi connectivity index (χ0v) is 9.80. The van der Waals surface area contributed by atoms with E-state index in [0.29, 0.717) is 0 Å². The number of hydrogen-bond acceptors (Lipinski definition) is 2. The molecule has 0 fully saturated rings. The van der Waals surface area contributed by atoms with Gasteiger partial charge in [0.15, 0.2) is 0 Å². The second kappa shape index (κ2) is 6.00. The van der Waals surface area contributed by atoms with Crippen molar-refractivity contribution in [2.45, 2.75) is 26.9 Å². The molecule has 1 aromatic carbocycles. The molecular weight excluding hydrogens is 230 g/mol. The van der Waals surface area contributed by atoms with Gasteiger partial charge in [0.2, 0.25) is 0 Å². The predicted molar refractivity (Wildman–Crippen MR) is 60.6 cm³/mol. The van der Waals surface area contributed by atoms with Crippen molar-refractivity contribution < 1.29 is 5.11 Å². The zero-order valence-electron chi connectivity index (χ0n) is 8.21. The minimum absolute atomic E-state index is 0.167. The van der Waals surface area contributed by atoms with Gasteiger partial charge in [0.1, 0.15) is 0 Å². The number of benzene rings is 1. The normalized spacial score (nSPS) is 9.38. The summed E-state index contributed by atoms with van der Waals surface area (Å²) in [5.74, 6) is 0. The second-order valence-electron chi connectivity index (χ2n) is 3.10. The van der Waals surface area contributed by atoms with Gasteiger partial charge in [-0.3, -0.25) is 0 Å². The summed E-state index contributed by atoms with van der Waals surface area (Å²) in [6.45, 7) is 5.46. The maximum absolute atomic E-state index is 8.06. The third kappa shape index (κ3) is 6.61. The molecular formula is C10H16BrNO. The lowest BCUT2D eigenvalue weighted by atomic mass is 10.2. The molecule has 74 valence electrons. The molecule has 0 bridgehead atoms. The monoisotopic (exact) mass is 245 g/mol. The molecule has 0 aliphatic rings. The van der Waals surface area contributed by atoms with Crippen molar-refractivity contribution in [2.24, 2.45) is 0 Å². The molecule has 0 heterocycles. The number of hydrogen-bond donors (Lipinski definition) is 2. The third-order valence-electron chi connectivity index (χ3n) is 1.18. The van der Waals surface area contributed by atoms with Crippen LogP contribution in [0.2, 0.25) is 0 Å². The third-order valence-corrected chi connectivity index (χ3v) is 2.07. The van der Waals surface area contributed by atoms with Crippen LogP contribution in [0, 0.1) is 6.92 Å². The molecule has 0 spiro atoms. The molecule has 0 saturated carbocycles. The van der Waals surface area contributed by atoms with Crippen molar-refractivity contribution in [1.82, 2.24) is 0 Å². The number of nitrogen functional groups attached to an aromatic ring is 1. The summed E-state index contributed by atoms with van der Waals surface area (Å²) in [6, 6.07) is 5.76. The minimum Gasteiger partial charge on any atom is -0.399 e. The van der Waals surface area contributed by atoms with Gasteiger partial charge in [-0.1, -0.05) is 15.9 Å². The number of halogens is 1. The fourth-order valence-corrected chi connectivity index (χ4v) is 0.915. The largest absolute Gasteiger partial charge is 0.399 e. The molecule has 0 saturated heterocycles. The van der Waals surface area contributed by atoms with Crippen LogP contribution in [0.3, 0.4) is 0 Å². The van der Waals surface area contributed by atoms with E-state index in [1.54, 1.807) is 13.8 Å². The summed E-state index contributed by atoms with van der Waals surface area (Å²) in [5, 5.41) is 8.06. The highest BCUT2D eigenvalue weighted by Crippen LogP contribution is 2.17. The topological polar surface area (TPSA) is 46.2 Å². The highest BCUT2D eigenvalue weighted by Gasteiger charge is 1.91. The first kappa shape index (κ1) is 12.5. The molecule has 1 aromatic rings. The molecule has 0 aliphatic carbocycles. The molecule has 3 N–H and O–H groups in total. The van der Waals surface area contributed by atoms with Gasteiger partial charge in [0, 0.05) is 16.3 Å². The van der Waals surface area contributed by atoms with E-state index < -0.39 is 0 Å². The van der Waals surface area contributed by atoms with Crippen LogP contribution in [0.5, 0.6) is 0 Å². The van der Waals surface area contributed by atoms with Crippen LogP contribution in [-0.2, 0) is 0 Å². The van der Waals surface area contributed by atoms with E-state index in [0.717, 1.165) is 10.2 Å². The van der Waals surface area contributed by atoms with Crippen LogP contribution in [0.1, 0.15) is 19.4 Å². The number of nitrogens with two attached hydrogens (primary N) is 1. The highest BCUT2D eigenvalue weighted by atomic mass is 79.9. The molecule has 2 nitrogen and oxygen atoms in total. The molecule has 13 heavy (non-hydrogen) atoms. The van der Waals surface area contributed by atoms with E-state index in [-0.39, 0.29) is 6.10 Å². The Labute approximate surface area is 87.9 Å². The van der Waals surface area contributed by atoms with Gasteiger partial charge in [-0.05, 0) is 44.5 Å². The first-order chi connectivity index (χ1) is 5.93. The van der Waals surface area contributed by atoms with Crippen molar-refractivity contribution >= 4 is 21.6 Å². The molecule has 0 aromatic heterocycles. The van der Waals surface area contributed by atoms with Crippen LogP contribution in [0.25, 0.3) is 0 Å². The smallest absolute Gasteiger partial charge is 0.0483 e. The molecule has 0 radical (unpaired) electrons. The Morgan fingerprint density at radius 1 is 1.38 bits per heavy atom. The molecule has 0 atom stereocenters. The SMILES string of the molecule is CC(C)O.Cc1cc(N)ccc1Br. The Morgan fingerprint density at radius 3 is 2.15 bits per heavy atom. The maximum atomic E-state index is 8.06. The Balaban J connectivity index is 0.000000310. The average molecular weight is 246 g/mol. The summed E-state index contributed by atoms with van der Waals surface area (Å²) in [5.41, 5.74) is 7.50. The van der Waals surface area contributed by atoms with Crippen molar-refractivity contribution in [3.05, 3.63) is 28.2 Å². The second-order valence-corrected chi connectivity index (χ2v) is 3.96. The summed E-state index contributed by atoms with van der Waals surface area (Å²) in [4.78, 5) is 0. The van der Waals surface area contributed by atoms with Crippen molar-refractivity contribution in [2.75, 3.05) is 5.73 Å². The first-order valence-electron chi connectivity index (χ1n) is 4.13. The van der Waals surface area contributed by atoms with Gasteiger partial charge in [-0.2, -0.15) is 0 Å². The van der Waals surface area contributed by atoms with E-state index in [2.05, 4.69) is 15.9 Å². The summed E-state index contributed by atoms with van der Waals surface area (Å²) >= 11 is 3.37. The van der Waals surface area contributed by atoms with Crippen LogP contribution in [0.15, 0.2) is 22.7 Å². The van der Waals surface area contributed by atoms with Crippen molar-refractivity contribution in [3.63, 3.8) is 0 Å². The number of aliphatic hydroxyl groups excluding tert-OH is 1. The van der Waals surface area contributed by atoms with Crippen molar-refractivity contribution in [1.29, 1.82) is 0 Å². The Kier molecular flexibility index (Phi) is 5.75. The quantitative estimate of drug-likeness (QED) is 0.691. The Bertz CT molecular complexity index is 258. The summed E-state index contributed by atoms with van der Waals surface area (Å²) in [6.07, 6.45) is -0.167. The van der Waals surface area contributed by atoms with E-state index in [1.165, 1.54) is 5.56 Å². The molecule has 0 aliphatic heterocycles. The summed E-state index contributed by atoms with van der Waals surface area (Å²) in [7, 11) is 0. The Morgan fingerprint density at radius 2 is 1.85 bits per heavy atom. The number of rotatable bonds is 0. The van der Waals surface area contributed by atoms with Gasteiger partial charge in [-0.25, -0.2) is 0 Å². The van der Waals surface area contributed by atoms with Gasteiger partial charge < -0.3 is 10.8 Å².